The van der Waals surface area contributed by atoms with Gasteiger partial charge in [0, 0.05) is 30.4 Å². The van der Waals surface area contributed by atoms with Gasteiger partial charge in [-0.1, -0.05) is 23.8 Å². The van der Waals surface area contributed by atoms with Gasteiger partial charge < -0.3 is 19.9 Å². The number of ether oxygens (including phenoxy) is 1. The minimum absolute atomic E-state index is 0.0677. The molecular weight excluding hydrogens is 565 g/mol. The molecule has 2 amide bonds. The second-order valence-corrected chi connectivity index (χ2v) is 13.7. The molecule has 0 spiro atoms. The molecule has 8 nitrogen and oxygen atoms in total. The van der Waals surface area contributed by atoms with E-state index in [4.69, 9.17) is 9.72 Å². The van der Waals surface area contributed by atoms with Crippen molar-refractivity contribution in [3.8, 4) is 11.3 Å². The van der Waals surface area contributed by atoms with Crippen LogP contribution in [0.5, 0.6) is 0 Å². The first-order valence-electron chi connectivity index (χ1n) is 15.4. The fourth-order valence-corrected chi connectivity index (χ4v) is 7.21. The monoisotopic (exact) mass is 605 g/mol. The van der Waals surface area contributed by atoms with Gasteiger partial charge in [0.1, 0.15) is 11.4 Å². The zero-order chi connectivity index (χ0) is 30.1. The molecule has 2 aliphatic rings. The van der Waals surface area contributed by atoms with Crippen LogP contribution in [0.25, 0.3) is 26.4 Å². The van der Waals surface area contributed by atoms with Gasteiger partial charge in [-0.15, -0.1) is 0 Å². The number of hydrogen-bond acceptors (Lipinski definition) is 6. The van der Waals surface area contributed by atoms with E-state index >= 15 is 4.39 Å². The molecule has 1 N–H and O–H groups in total. The summed E-state index contributed by atoms with van der Waals surface area (Å²) in [5, 5.41) is 3.06. The Balaban J connectivity index is 1.13. The molecule has 4 aromatic rings. The highest BCUT2D eigenvalue weighted by molar-refractivity contribution is 7.23. The Bertz CT molecular complexity index is 1630. The normalized spacial score (nSPS) is 18.0. The maximum atomic E-state index is 15.5. The van der Waals surface area contributed by atoms with Gasteiger partial charge in [0.2, 0.25) is 0 Å². The van der Waals surface area contributed by atoms with Crippen molar-refractivity contribution in [3.05, 3.63) is 59.5 Å². The molecule has 43 heavy (non-hydrogen) atoms. The number of imidazole rings is 1. The number of piperidine rings is 1. The molecule has 2 fully saturated rings. The molecule has 10 heteroatoms. The van der Waals surface area contributed by atoms with Crippen LogP contribution in [0.3, 0.4) is 0 Å². The number of rotatable bonds is 7. The fourth-order valence-electron chi connectivity index (χ4n) is 6.16. The average Bonchev–Trinajstić information content (AvgIpc) is 3.70. The van der Waals surface area contributed by atoms with Gasteiger partial charge in [-0.3, -0.25) is 9.20 Å². The summed E-state index contributed by atoms with van der Waals surface area (Å²) in [6, 6.07) is 10.6. The van der Waals surface area contributed by atoms with E-state index in [-0.39, 0.29) is 23.9 Å². The van der Waals surface area contributed by atoms with Crippen molar-refractivity contribution < 1.29 is 18.7 Å². The van der Waals surface area contributed by atoms with Gasteiger partial charge in [0.25, 0.3) is 5.91 Å². The van der Waals surface area contributed by atoms with Crippen molar-refractivity contribution in [2.45, 2.75) is 70.9 Å². The van der Waals surface area contributed by atoms with Gasteiger partial charge in [-0.25, -0.2) is 14.2 Å². The first kappa shape index (κ1) is 29.6. The number of nitrogens with one attached hydrogen (secondary N) is 1. The molecule has 2 aliphatic heterocycles. The Hall–Kier alpha value is -3.50. The zero-order valence-electron chi connectivity index (χ0n) is 25.2. The molecule has 228 valence electrons. The van der Waals surface area contributed by atoms with Crippen LogP contribution < -0.4 is 5.32 Å². The van der Waals surface area contributed by atoms with Crippen molar-refractivity contribution in [1.82, 2.24) is 24.5 Å². The predicted molar refractivity (Wildman–Crippen MR) is 168 cm³/mol. The molecule has 0 aliphatic carbocycles. The number of thiazole rings is 1. The molecular formula is C33H40FN5O3S. The van der Waals surface area contributed by atoms with Crippen molar-refractivity contribution >= 4 is 38.5 Å². The molecule has 2 saturated heterocycles. The minimum Gasteiger partial charge on any atom is -0.444 e. The summed E-state index contributed by atoms with van der Waals surface area (Å²) in [6.45, 7) is 10.1. The Morgan fingerprint density at radius 2 is 1.88 bits per heavy atom. The summed E-state index contributed by atoms with van der Waals surface area (Å²) in [5.41, 5.74) is 2.69. The van der Waals surface area contributed by atoms with E-state index in [9.17, 15) is 9.59 Å². The number of halogens is 1. The van der Waals surface area contributed by atoms with Crippen molar-refractivity contribution in [2.75, 3.05) is 32.7 Å². The molecule has 0 bridgehead atoms. The number of hydrogen-bond donors (Lipinski definition) is 1. The summed E-state index contributed by atoms with van der Waals surface area (Å²) in [6.07, 6.45) is 7.91. The second-order valence-electron chi connectivity index (χ2n) is 12.6. The van der Waals surface area contributed by atoms with Crippen LogP contribution in [0.1, 0.15) is 81.3 Å². The van der Waals surface area contributed by atoms with Crippen LogP contribution in [0.2, 0.25) is 0 Å². The summed E-state index contributed by atoms with van der Waals surface area (Å²) in [7, 11) is 0. The lowest BCUT2D eigenvalue weighted by Gasteiger charge is -2.29. The van der Waals surface area contributed by atoms with E-state index in [1.54, 1.807) is 11.0 Å². The molecule has 6 rings (SSSR count). The number of nitrogens with zero attached hydrogens (tertiary/aromatic N) is 4. The summed E-state index contributed by atoms with van der Waals surface area (Å²) < 4.78 is 24.0. The number of benzene rings is 2. The lowest BCUT2D eigenvalue weighted by Crippen LogP contribution is -2.36. The molecule has 0 unspecified atom stereocenters. The lowest BCUT2D eigenvalue weighted by molar-refractivity contribution is 0.0224. The van der Waals surface area contributed by atoms with Gasteiger partial charge in [0.05, 0.1) is 22.0 Å². The van der Waals surface area contributed by atoms with Gasteiger partial charge in [-0.2, -0.15) is 0 Å². The van der Waals surface area contributed by atoms with Crippen molar-refractivity contribution in [3.63, 3.8) is 0 Å². The number of amides is 2. The van der Waals surface area contributed by atoms with Gasteiger partial charge in [-0.05, 0) is 108 Å². The van der Waals surface area contributed by atoms with E-state index in [1.807, 2.05) is 55.6 Å². The van der Waals surface area contributed by atoms with E-state index in [2.05, 4.69) is 10.2 Å². The topological polar surface area (TPSA) is 79.2 Å². The van der Waals surface area contributed by atoms with Crippen LogP contribution in [0.15, 0.2) is 42.6 Å². The van der Waals surface area contributed by atoms with Crippen LogP contribution in [0.4, 0.5) is 9.18 Å². The lowest BCUT2D eigenvalue weighted by atomic mass is 10.0. The van der Waals surface area contributed by atoms with Crippen molar-refractivity contribution in [2.24, 2.45) is 0 Å². The molecule has 0 saturated carbocycles. The van der Waals surface area contributed by atoms with E-state index < -0.39 is 5.60 Å². The van der Waals surface area contributed by atoms with E-state index in [0.717, 1.165) is 46.5 Å². The van der Waals surface area contributed by atoms with Crippen LogP contribution >= 0.6 is 11.3 Å². The highest BCUT2D eigenvalue weighted by atomic mass is 32.1. The maximum absolute atomic E-state index is 15.5. The highest BCUT2D eigenvalue weighted by Gasteiger charge is 2.33. The molecule has 2 aromatic heterocycles. The number of likely N-dealkylation sites (tertiary alicyclic amines) is 2. The van der Waals surface area contributed by atoms with Crippen LogP contribution in [-0.2, 0) is 4.74 Å². The summed E-state index contributed by atoms with van der Waals surface area (Å²) in [4.78, 5) is 35.2. The van der Waals surface area contributed by atoms with Crippen LogP contribution in [0, 0.1) is 5.82 Å². The third kappa shape index (κ3) is 6.55. The summed E-state index contributed by atoms with van der Waals surface area (Å²) in [5.74, 6) is -0.440. The largest absolute Gasteiger partial charge is 0.444 e. The molecule has 4 heterocycles. The Kier molecular flexibility index (Phi) is 8.42. The smallest absolute Gasteiger partial charge is 0.410 e. The minimum atomic E-state index is -0.585. The summed E-state index contributed by atoms with van der Waals surface area (Å²) >= 11 is 1.48. The zero-order valence-corrected chi connectivity index (χ0v) is 26.0. The number of aromatic nitrogens is 2. The third-order valence-corrected chi connectivity index (χ3v) is 9.29. The van der Waals surface area contributed by atoms with E-state index in [1.165, 1.54) is 49.8 Å². The SMILES string of the molecule is CC(C)(C)OC(=O)N1CCC[C@H]1c1ccc(-c2cn3c(n2)sc2cc(C(=O)NCCCN4CCCCC4)ccc23)c(F)c1. The molecule has 2 aromatic carbocycles. The van der Waals surface area contributed by atoms with Gasteiger partial charge >= 0.3 is 6.09 Å². The Morgan fingerprint density at radius 1 is 1.07 bits per heavy atom. The maximum Gasteiger partial charge on any atom is 0.410 e. The van der Waals surface area contributed by atoms with Crippen LogP contribution in [-0.4, -0.2) is 69.5 Å². The molecule has 0 radical (unpaired) electrons. The van der Waals surface area contributed by atoms with E-state index in [0.29, 0.717) is 29.9 Å². The third-order valence-electron chi connectivity index (χ3n) is 8.28. The fraction of sp³-hybridized carbons (Fsp3) is 0.485. The Labute approximate surface area is 255 Å². The highest BCUT2D eigenvalue weighted by Crippen LogP contribution is 2.36. The number of carbonyl (C=O) groups excluding carboxylic acids is 2. The Morgan fingerprint density at radius 3 is 2.65 bits per heavy atom. The predicted octanol–water partition coefficient (Wildman–Crippen LogP) is 7.03. The standard InChI is InChI=1S/C33H40FN5O3S/c1-33(2,3)42-32(41)38-18-7-9-27(38)22-10-12-24(25(34)19-22)26-21-39-28-13-11-23(20-29(28)43-31(39)36-26)30(40)35-14-8-17-37-15-5-4-6-16-37/h10-13,19-21,27H,4-9,14-18H2,1-3H3,(H,35,40)/t27-/m0/s1. The number of carbonyl (C=O) groups is 2. The number of fused-ring (bicyclic) bond motifs is 3. The quantitative estimate of drug-likeness (QED) is 0.229. The first-order chi connectivity index (χ1) is 20.7. The average molecular weight is 606 g/mol. The molecule has 1 atom stereocenters. The first-order valence-corrected chi connectivity index (χ1v) is 16.2. The second kappa shape index (κ2) is 12.2. The van der Waals surface area contributed by atoms with Gasteiger partial charge in [0.15, 0.2) is 4.96 Å². The van der Waals surface area contributed by atoms with Crippen molar-refractivity contribution in [1.29, 1.82) is 0 Å².